The average Bonchev–Trinajstić information content (AvgIpc) is 3.31. The topological polar surface area (TPSA) is 47.6 Å². The summed E-state index contributed by atoms with van der Waals surface area (Å²) in [6, 6.07) is 10.3. The van der Waals surface area contributed by atoms with Crippen LogP contribution in [0.1, 0.15) is 31.2 Å². The van der Waals surface area contributed by atoms with E-state index in [4.69, 9.17) is 9.47 Å². The molecule has 4 nitrogen and oxygen atoms in total. The molecule has 22 heavy (non-hydrogen) atoms. The van der Waals surface area contributed by atoms with Gasteiger partial charge in [-0.3, -0.25) is 4.79 Å². The van der Waals surface area contributed by atoms with Crippen LogP contribution in [0.15, 0.2) is 30.3 Å². The summed E-state index contributed by atoms with van der Waals surface area (Å²) in [5, 5.41) is 5.36. The maximum atomic E-state index is 11.6. The van der Waals surface area contributed by atoms with Crippen molar-refractivity contribution in [1.82, 2.24) is 5.32 Å². The second-order valence-electron chi connectivity index (χ2n) is 5.64. The van der Waals surface area contributed by atoms with Gasteiger partial charge in [-0.05, 0) is 35.4 Å². The molecule has 1 aliphatic rings. The summed E-state index contributed by atoms with van der Waals surface area (Å²) >= 11 is 0. The molecule has 0 heterocycles. The zero-order valence-electron chi connectivity index (χ0n) is 13.2. The Bertz CT molecular complexity index is 706. The van der Waals surface area contributed by atoms with Crippen LogP contribution in [-0.2, 0) is 4.79 Å². The van der Waals surface area contributed by atoms with Crippen molar-refractivity contribution in [2.24, 2.45) is 0 Å². The van der Waals surface area contributed by atoms with Gasteiger partial charge < -0.3 is 14.8 Å². The number of methoxy groups -OCH3 is 2. The lowest BCUT2D eigenvalue weighted by molar-refractivity contribution is -0.120. The zero-order valence-corrected chi connectivity index (χ0v) is 13.2. The van der Waals surface area contributed by atoms with Gasteiger partial charge in [-0.15, -0.1) is 0 Å². The van der Waals surface area contributed by atoms with Gasteiger partial charge in [0.05, 0.1) is 14.2 Å². The summed E-state index contributed by atoms with van der Waals surface area (Å²) < 4.78 is 10.9. The van der Waals surface area contributed by atoms with Gasteiger partial charge in [0.2, 0.25) is 5.91 Å². The van der Waals surface area contributed by atoms with E-state index in [0.717, 1.165) is 28.7 Å². The molecule has 2 atom stereocenters. The van der Waals surface area contributed by atoms with E-state index in [2.05, 4.69) is 17.4 Å². The Kier molecular flexibility index (Phi) is 3.92. The Labute approximate surface area is 130 Å². The number of carbonyl (C=O) groups is 1. The first kappa shape index (κ1) is 14.7. The second-order valence-corrected chi connectivity index (χ2v) is 5.64. The predicted octanol–water partition coefficient (Wildman–Crippen LogP) is 3.24. The lowest BCUT2D eigenvalue weighted by Crippen LogP contribution is -2.25. The van der Waals surface area contributed by atoms with Crippen molar-refractivity contribution in [2.75, 3.05) is 14.2 Å². The molecule has 2 aromatic carbocycles. The first-order valence-electron chi connectivity index (χ1n) is 7.62. The van der Waals surface area contributed by atoms with E-state index in [1.807, 2.05) is 25.1 Å². The molecule has 0 bridgehead atoms. The molecule has 0 aromatic heterocycles. The van der Waals surface area contributed by atoms with Crippen LogP contribution in [0.25, 0.3) is 10.8 Å². The van der Waals surface area contributed by atoms with Crippen LogP contribution >= 0.6 is 0 Å². The van der Waals surface area contributed by atoms with Crippen LogP contribution in [0.2, 0.25) is 0 Å². The molecular weight excluding hydrogens is 278 g/mol. The number of benzene rings is 2. The quantitative estimate of drug-likeness (QED) is 0.922. The number of hydrogen-bond donors (Lipinski definition) is 1. The first-order valence-corrected chi connectivity index (χ1v) is 7.62. The summed E-state index contributed by atoms with van der Waals surface area (Å²) in [5.41, 5.74) is 1.17. The maximum absolute atomic E-state index is 11.6. The van der Waals surface area contributed by atoms with E-state index in [1.165, 1.54) is 5.56 Å². The second kappa shape index (κ2) is 5.87. The fraction of sp³-hybridized carbons (Fsp3) is 0.389. The Balaban J connectivity index is 2.01. The van der Waals surface area contributed by atoms with E-state index in [1.54, 1.807) is 14.2 Å². The van der Waals surface area contributed by atoms with Crippen molar-refractivity contribution in [3.8, 4) is 11.5 Å². The monoisotopic (exact) mass is 299 g/mol. The Morgan fingerprint density at radius 3 is 2.68 bits per heavy atom. The number of amides is 1. The molecule has 1 fully saturated rings. The molecule has 0 aliphatic heterocycles. The average molecular weight is 299 g/mol. The summed E-state index contributed by atoms with van der Waals surface area (Å²) in [6.07, 6.45) is 1.47. The van der Waals surface area contributed by atoms with Crippen molar-refractivity contribution in [3.05, 3.63) is 35.9 Å². The van der Waals surface area contributed by atoms with Gasteiger partial charge in [0.15, 0.2) is 0 Å². The normalized spacial score (nSPS) is 19.8. The smallest absolute Gasteiger partial charge is 0.219 e. The van der Waals surface area contributed by atoms with E-state index in [0.29, 0.717) is 12.3 Å². The zero-order chi connectivity index (χ0) is 15.7. The predicted molar refractivity (Wildman–Crippen MR) is 86.6 cm³/mol. The van der Waals surface area contributed by atoms with Crippen molar-refractivity contribution >= 4 is 16.7 Å². The molecule has 116 valence electrons. The fourth-order valence-corrected chi connectivity index (χ4v) is 2.97. The molecule has 4 heteroatoms. The lowest BCUT2D eigenvalue weighted by atomic mass is 9.99. The van der Waals surface area contributed by atoms with Crippen molar-refractivity contribution < 1.29 is 14.3 Å². The van der Waals surface area contributed by atoms with Gasteiger partial charge >= 0.3 is 0 Å². The molecule has 1 N–H and O–H groups in total. The number of nitrogens with one attached hydrogen (secondary N) is 1. The van der Waals surface area contributed by atoms with Gasteiger partial charge in [-0.2, -0.15) is 0 Å². The van der Waals surface area contributed by atoms with Crippen LogP contribution in [-0.4, -0.2) is 26.2 Å². The van der Waals surface area contributed by atoms with Crippen molar-refractivity contribution in [3.63, 3.8) is 0 Å². The molecule has 1 aliphatic carbocycles. The molecule has 0 radical (unpaired) electrons. The minimum absolute atomic E-state index is 0.101. The number of ether oxygens (including phenoxy) is 2. The third-order valence-electron chi connectivity index (χ3n) is 4.28. The highest BCUT2D eigenvalue weighted by Gasteiger charge is 2.42. The summed E-state index contributed by atoms with van der Waals surface area (Å²) in [4.78, 5) is 11.6. The van der Waals surface area contributed by atoms with E-state index in [9.17, 15) is 4.79 Å². The van der Waals surface area contributed by atoms with Gasteiger partial charge in [-0.1, -0.05) is 19.1 Å². The van der Waals surface area contributed by atoms with Crippen LogP contribution < -0.4 is 14.8 Å². The van der Waals surface area contributed by atoms with Crippen molar-refractivity contribution in [2.45, 2.75) is 31.7 Å². The highest BCUT2D eigenvalue weighted by atomic mass is 16.5. The molecule has 3 rings (SSSR count). The number of fused-ring (bicyclic) bond motifs is 1. The Hall–Kier alpha value is -2.23. The highest BCUT2D eigenvalue weighted by molar-refractivity contribution is 5.90. The molecule has 0 saturated heterocycles. The summed E-state index contributed by atoms with van der Waals surface area (Å²) in [7, 11) is 3.36. The Morgan fingerprint density at radius 1 is 1.23 bits per heavy atom. The molecule has 0 spiro atoms. The molecule has 1 amide bonds. The number of rotatable bonds is 5. The third-order valence-corrected chi connectivity index (χ3v) is 4.28. The Morgan fingerprint density at radius 2 is 2.00 bits per heavy atom. The highest BCUT2D eigenvalue weighted by Crippen LogP contribution is 2.48. The summed E-state index contributed by atoms with van der Waals surface area (Å²) in [5.74, 6) is 2.11. The fourth-order valence-electron chi connectivity index (χ4n) is 2.97. The third kappa shape index (κ3) is 2.61. The largest absolute Gasteiger partial charge is 0.497 e. The van der Waals surface area contributed by atoms with Crippen LogP contribution in [0.3, 0.4) is 0 Å². The molecule has 2 unspecified atom stereocenters. The minimum Gasteiger partial charge on any atom is -0.497 e. The molecule has 1 saturated carbocycles. The first-order chi connectivity index (χ1) is 10.7. The van der Waals surface area contributed by atoms with Crippen LogP contribution in [0, 0.1) is 0 Å². The van der Waals surface area contributed by atoms with E-state index in [-0.39, 0.29) is 11.9 Å². The summed E-state index contributed by atoms with van der Waals surface area (Å²) in [6.45, 7) is 1.87. The molecule has 2 aromatic rings. The van der Waals surface area contributed by atoms with E-state index < -0.39 is 0 Å². The number of hydrogen-bond acceptors (Lipinski definition) is 3. The lowest BCUT2D eigenvalue weighted by Gasteiger charge is -2.13. The molecular formula is C18H21NO3. The van der Waals surface area contributed by atoms with Crippen LogP contribution in [0.5, 0.6) is 11.5 Å². The van der Waals surface area contributed by atoms with Crippen LogP contribution in [0.4, 0.5) is 0 Å². The minimum atomic E-state index is 0.101. The van der Waals surface area contributed by atoms with Gasteiger partial charge in [-0.25, -0.2) is 0 Å². The standard InChI is InChI=1S/C18H21NO3/c1-4-17(20)19-15-10-14(15)18-13-9-12(21-2)7-5-11(13)6-8-16(18)22-3/h5-9,14-15H,4,10H2,1-3H3,(H,19,20). The van der Waals surface area contributed by atoms with E-state index >= 15 is 0 Å². The SMILES string of the molecule is CCC(=O)NC1CC1c1c(OC)ccc2ccc(OC)cc12. The number of carbonyl (C=O) groups excluding carboxylic acids is 1. The van der Waals surface area contributed by atoms with Gasteiger partial charge in [0.1, 0.15) is 11.5 Å². The maximum Gasteiger partial charge on any atom is 0.219 e. The van der Waals surface area contributed by atoms with Crippen molar-refractivity contribution in [1.29, 1.82) is 0 Å². The van der Waals surface area contributed by atoms with Gasteiger partial charge in [0.25, 0.3) is 0 Å². The van der Waals surface area contributed by atoms with Gasteiger partial charge in [0, 0.05) is 23.9 Å².